The van der Waals surface area contributed by atoms with Crippen LogP contribution in [0.15, 0.2) is 193 Å². The molecular weight excluding hydrogens is 703 g/mol. The van der Waals surface area contributed by atoms with Crippen LogP contribution in [0.25, 0.3) is 109 Å². The number of pyridine rings is 1. The molecule has 0 atom stereocenters. The number of para-hydroxylation sites is 1. The molecule has 0 fully saturated rings. The first-order valence-electron chi connectivity index (χ1n) is 18.7. The summed E-state index contributed by atoms with van der Waals surface area (Å²) in [5.41, 5.74) is 13.3. The summed E-state index contributed by atoms with van der Waals surface area (Å²) in [4.78, 5) is 14.4. The van der Waals surface area contributed by atoms with Gasteiger partial charge in [0.25, 0.3) is 0 Å². The van der Waals surface area contributed by atoms with Crippen LogP contribution in [0, 0.1) is 0 Å². The Morgan fingerprint density at radius 2 is 0.982 bits per heavy atom. The maximum absolute atomic E-state index is 6.69. The Labute approximate surface area is 327 Å². The molecule has 0 N–H and O–H groups in total. The molecule has 4 nitrogen and oxygen atoms in total. The third-order valence-electron chi connectivity index (χ3n) is 10.7. The second-order valence-corrected chi connectivity index (χ2v) is 15.1. The van der Waals surface area contributed by atoms with Gasteiger partial charge in [0, 0.05) is 65.6 Å². The van der Waals surface area contributed by atoms with Gasteiger partial charge in [0.1, 0.15) is 11.2 Å². The van der Waals surface area contributed by atoms with E-state index >= 15 is 0 Å². The fourth-order valence-corrected chi connectivity index (χ4v) is 8.99. The Morgan fingerprint density at radius 1 is 0.393 bits per heavy atom. The standard InChI is InChI=1S/C51H31N3OS/c1-2-8-35(9-3-1)44-31-45(36-18-14-32(15-19-36)33-26-28-52-29-27-33)54-51(53-44)37-20-16-34(17-21-37)39-24-25-40(50-49(39)43-11-4-6-12-46(43)55-50)38-22-23-42-41-10-5-7-13-47(41)56-48(42)30-38/h1-31H. The molecule has 262 valence electrons. The van der Waals surface area contributed by atoms with Crippen molar-refractivity contribution >= 4 is 53.4 Å². The summed E-state index contributed by atoms with van der Waals surface area (Å²) in [6.45, 7) is 0. The predicted octanol–water partition coefficient (Wildman–Crippen LogP) is 14.1. The van der Waals surface area contributed by atoms with Crippen LogP contribution in [0.1, 0.15) is 0 Å². The molecule has 5 heteroatoms. The molecule has 7 aromatic carbocycles. The van der Waals surface area contributed by atoms with Crippen molar-refractivity contribution in [1.82, 2.24) is 15.0 Å². The van der Waals surface area contributed by atoms with Crippen molar-refractivity contribution in [1.29, 1.82) is 0 Å². The summed E-state index contributed by atoms with van der Waals surface area (Å²) in [5, 5.41) is 4.80. The Bertz CT molecular complexity index is 3220. The number of hydrogen-bond acceptors (Lipinski definition) is 5. The van der Waals surface area contributed by atoms with E-state index in [1.165, 1.54) is 20.2 Å². The van der Waals surface area contributed by atoms with Crippen LogP contribution in [0.4, 0.5) is 0 Å². The average Bonchev–Trinajstić information content (AvgIpc) is 3.85. The van der Waals surface area contributed by atoms with Gasteiger partial charge in [-0.25, -0.2) is 9.97 Å². The molecule has 11 aromatic rings. The van der Waals surface area contributed by atoms with Crippen molar-refractivity contribution in [3.63, 3.8) is 0 Å². The van der Waals surface area contributed by atoms with Crippen LogP contribution in [-0.2, 0) is 0 Å². The normalized spacial score (nSPS) is 11.6. The molecule has 0 aliphatic rings. The monoisotopic (exact) mass is 733 g/mol. The fraction of sp³-hybridized carbons (Fsp3) is 0. The highest BCUT2D eigenvalue weighted by atomic mass is 32.1. The Kier molecular flexibility index (Phi) is 7.64. The van der Waals surface area contributed by atoms with Gasteiger partial charge in [-0.3, -0.25) is 4.98 Å². The summed E-state index contributed by atoms with van der Waals surface area (Å²) in [6.07, 6.45) is 3.64. The zero-order chi connectivity index (χ0) is 37.0. The molecule has 0 saturated carbocycles. The van der Waals surface area contributed by atoms with Gasteiger partial charge in [0.05, 0.1) is 11.4 Å². The molecular formula is C51H31N3OS. The first-order chi connectivity index (χ1) is 27.7. The Hall–Kier alpha value is -7.21. The third kappa shape index (κ3) is 5.56. The van der Waals surface area contributed by atoms with Gasteiger partial charge in [-0.05, 0) is 70.3 Å². The van der Waals surface area contributed by atoms with Gasteiger partial charge < -0.3 is 4.42 Å². The predicted molar refractivity (Wildman–Crippen MR) is 233 cm³/mol. The summed E-state index contributed by atoms with van der Waals surface area (Å²) in [7, 11) is 0. The zero-order valence-corrected chi connectivity index (χ0v) is 30.9. The van der Waals surface area contributed by atoms with Gasteiger partial charge in [0.2, 0.25) is 0 Å². The van der Waals surface area contributed by atoms with Crippen molar-refractivity contribution < 1.29 is 4.42 Å². The van der Waals surface area contributed by atoms with E-state index in [1.807, 2.05) is 60.1 Å². The van der Waals surface area contributed by atoms with Gasteiger partial charge >= 0.3 is 0 Å². The SMILES string of the molecule is c1ccc(-c2cc(-c3ccc(-c4ccncc4)cc3)nc(-c3ccc(-c4ccc(-c5ccc6c(c5)sc5ccccc56)c5oc6ccccc6c45)cc3)n2)cc1. The molecule has 0 spiro atoms. The fourth-order valence-electron chi connectivity index (χ4n) is 7.85. The van der Waals surface area contributed by atoms with Crippen molar-refractivity contribution in [2.45, 2.75) is 0 Å². The van der Waals surface area contributed by atoms with Crippen LogP contribution in [0.2, 0.25) is 0 Å². The van der Waals surface area contributed by atoms with Crippen molar-refractivity contribution in [2.75, 3.05) is 0 Å². The quantitative estimate of drug-likeness (QED) is 0.171. The number of hydrogen-bond donors (Lipinski definition) is 0. The number of benzene rings is 7. The van der Waals surface area contributed by atoms with Gasteiger partial charge in [0.15, 0.2) is 5.82 Å². The maximum atomic E-state index is 6.69. The maximum Gasteiger partial charge on any atom is 0.160 e. The Morgan fingerprint density at radius 3 is 1.79 bits per heavy atom. The van der Waals surface area contributed by atoms with E-state index < -0.39 is 0 Å². The lowest BCUT2D eigenvalue weighted by Crippen LogP contribution is -1.96. The highest BCUT2D eigenvalue weighted by molar-refractivity contribution is 7.25. The molecule has 4 aromatic heterocycles. The van der Waals surface area contributed by atoms with Crippen LogP contribution in [0.3, 0.4) is 0 Å². The lowest BCUT2D eigenvalue weighted by Gasteiger charge is -2.11. The molecule has 0 saturated heterocycles. The molecule has 0 aliphatic heterocycles. The summed E-state index contributed by atoms with van der Waals surface area (Å²) in [5.74, 6) is 0.678. The topological polar surface area (TPSA) is 51.8 Å². The van der Waals surface area contributed by atoms with E-state index in [4.69, 9.17) is 14.4 Å². The van der Waals surface area contributed by atoms with Crippen molar-refractivity contribution in [3.05, 3.63) is 188 Å². The number of thiophene rings is 1. The summed E-state index contributed by atoms with van der Waals surface area (Å²) < 4.78 is 9.26. The molecule has 4 heterocycles. The van der Waals surface area contributed by atoms with Crippen molar-refractivity contribution in [2.24, 2.45) is 0 Å². The minimum absolute atomic E-state index is 0.678. The lowest BCUT2D eigenvalue weighted by atomic mass is 9.94. The van der Waals surface area contributed by atoms with Crippen LogP contribution in [-0.4, -0.2) is 15.0 Å². The van der Waals surface area contributed by atoms with Crippen LogP contribution >= 0.6 is 11.3 Å². The largest absolute Gasteiger partial charge is 0.455 e. The van der Waals surface area contributed by atoms with Crippen molar-refractivity contribution in [3.8, 4) is 67.3 Å². The number of furan rings is 1. The van der Waals surface area contributed by atoms with Gasteiger partial charge in [-0.15, -0.1) is 11.3 Å². The van der Waals surface area contributed by atoms with E-state index in [1.54, 1.807) is 0 Å². The Balaban J connectivity index is 1.00. The number of fused-ring (bicyclic) bond motifs is 6. The number of nitrogens with zero attached hydrogens (tertiary/aromatic N) is 3. The first kappa shape index (κ1) is 32.2. The van der Waals surface area contributed by atoms with E-state index in [0.717, 1.165) is 83.4 Å². The van der Waals surface area contributed by atoms with Gasteiger partial charge in [-0.1, -0.05) is 133 Å². The molecule has 0 radical (unpaired) electrons. The number of aromatic nitrogens is 3. The molecule has 11 rings (SSSR count). The molecule has 56 heavy (non-hydrogen) atoms. The van der Waals surface area contributed by atoms with E-state index in [2.05, 4.69) is 145 Å². The third-order valence-corrected chi connectivity index (χ3v) is 11.8. The van der Waals surface area contributed by atoms with E-state index in [-0.39, 0.29) is 0 Å². The second-order valence-electron chi connectivity index (χ2n) is 14.0. The van der Waals surface area contributed by atoms with Gasteiger partial charge in [-0.2, -0.15) is 0 Å². The molecule has 0 amide bonds. The summed E-state index contributed by atoms with van der Waals surface area (Å²) >= 11 is 1.84. The molecule has 0 bridgehead atoms. The molecule has 0 unspecified atom stereocenters. The minimum Gasteiger partial charge on any atom is -0.455 e. The smallest absolute Gasteiger partial charge is 0.160 e. The summed E-state index contributed by atoms with van der Waals surface area (Å²) in [6, 6.07) is 61.8. The van der Waals surface area contributed by atoms with E-state index in [9.17, 15) is 0 Å². The lowest BCUT2D eigenvalue weighted by molar-refractivity contribution is 0.670. The average molecular weight is 734 g/mol. The highest BCUT2D eigenvalue weighted by Crippen LogP contribution is 2.44. The highest BCUT2D eigenvalue weighted by Gasteiger charge is 2.19. The zero-order valence-electron chi connectivity index (χ0n) is 30.1. The minimum atomic E-state index is 0.678. The molecule has 0 aliphatic carbocycles. The van der Waals surface area contributed by atoms with Crippen LogP contribution < -0.4 is 0 Å². The second kappa shape index (κ2) is 13.3. The van der Waals surface area contributed by atoms with Crippen LogP contribution in [0.5, 0.6) is 0 Å². The first-order valence-corrected chi connectivity index (χ1v) is 19.5. The number of rotatable bonds is 6. The van der Waals surface area contributed by atoms with E-state index in [0.29, 0.717) is 5.82 Å².